The van der Waals surface area contributed by atoms with Gasteiger partial charge in [0.1, 0.15) is 0 Å². The van der Waals surface area contributed by atoms with Crippen molar-refractivity contribution in [1.82, 2.24) is 4.31 Å². The summed E-state index contributed by atoms with van der Waals surface area (Å²) in [7, 11) is -3.46. The summed E-state index contributed by atoms with van der Waals surface area (Å²) in [6, 6.07) is 7.01. The highest BCUT2D eigenvalue weighted by Crippen LogP contribution is 2.46. The summed E-state index contributed by atoms with van der Waals surface area (Å²) in [6.45, 7) is 5.46. The van der Waals surface area contributed by atoms with Crippen molar-refractivity contribution in [3.8, 4) is 0 Å². The standard InChI is InChI=1S/C21H26BrNO2S/c1-15-7-8-17-13-23(26(24,25)19-11-9-18(22)10-12-19)14-20(21(15)17)16-5-3-2-4-6-16/h9-12,16-17H,1-8,13-14H2/t17-/m0/s1. The molecular formula is C21H26BrNO2S. The largest absolute Gasteiger partial charge is 0.243 e. The summed E-state index contributed by atoms with van der Waals surface area (Å²) >= 11 is 3.39. The number of rotatable bonds is 3. The van der Waals surface area contributed by atoms with Crippen molar-refractivity contribution in [2.75, 3.05) is 13.1 Å². The molecule has 0 bridgehead atoms. The predicted octanol–water partition coefficient (Wildman–Crippen LogP) is 5.30. The highest BCUT2D eigenvalue weighted by atomic mass is 79.9. The lowest BCUT2D eigenvalue weighted by molar-refractivity contribution is 0.321. The molecule has 5 heteroatoms. The van der Waals surface area contributed by atoms with Gasteiger partial charge in [0.25, 0.3) is 0 Å². The first-order valence-electron chi connectivity index (χ1n) is 9.63. The van der Waals surface area contributed by atoms with Gasteiger partial charge in [-0.2, -0.15) is 4.31 Å². The van der Waals surface area contributed by atoms with Crippen molar-refractivity contribution in [3.63, 3.8) is 0 Å². The topological polar surface area (TPSA) is 37.4 Å². The van der Waals surface area contributed by atoms with Gasteiger partial charge >= 0.3 is 0 Å². The van der Waals surface area contributed by atoms with Gasteiger partial charge in [0.2, 0.25) is 10.0 Å². The molecule has 0 spiro atoms. The Bertz CT molecular complexity index is 835. The zero-order chi connectivity index (χ0) is 18.3. The SMILES string of the molecule is C=C1CC[C@H]2CN(S(=O)(=O)c3ccc(Br)cc3)CC(C3CCCCC3)=C12. The average Bonchev–Trinajstić information content (AvgIpc) is 3.03. The zero-order valence-electron chi connectivity index (χ0n) is 15.1. The number of hydrogen-bond donors (Lipinski definition) is 0. The quantitative estimate of drug-likeness (QED) is 0.645. The van der Waals surface area contributed by atoms with Gasteiger partial charge in [-0.25, -0.2) is 8.42 Å². The van der Waals surface area contributed by atoms with E-state index in [1.807, 2.05) is 0 Å². The van der Waals surface area contributed by atoms with E-state index in [-0.39, 0.29) is 0 Å². The molecular weight excluding hydrogens is 410 g/mol. The fourth-order valence-corrected chi connectivity index (χ4v) is 6.64. The monoisotopic (exact) mass is 435 g/mol. The average molecular weight is 436 g/mol. The van der Waals surface area contributed by atoms with E-state index in [1.165, 1.54) is 48.8 Å². The van der Waals surface area contributed by atoms with Crippen LogP contribution in [0.5, 0.6) is 0 Å². The number of sulfonamides is 1. The lowest BCUT2D eigenvalue weighted by Crippen LogP contribution is -2.42. The van der Waals surface area contributed by atoms with Crippen molar-refractivity contribution in [2.24, 2.45) is 11.8 Å². The maximum Gasteiger partial charge on any atom is 0.243 e. The molecule has 2 aliphatic carbocycles. The smallest absolute Gasteiger partial charge is 0.207 e. The summed E-state index contributed by atoms with van der Waals surface area (Å²) in [5.74, 6) is 0.873. The number of fused-ring (bicyclic) bond motifs is 1. The normalized spacial score (nSPS) is 25.6. The maximum absolute atomic E-state index is 13.3. The molecule has 1 aliphatic heterocycles. The Morgan fingerprint density at radius 2 is 1.69 bits per heavy atom. The number of allylic oxidation sites excluding steroid dienone is 1. The van der Waals surface area contributed by atoms with Crippen LogP contribution < -0.4 is 0 Å². The summed E-state index contributed by atoms with van der Waals surface area (Å²) in [5.41, 5.74) is 4.07. The second-order valence-corrected chi connectivity index (χ2v) is 10.7. The highest BCUT2D eigenvalue weighted by Gasteiger charge is 2.40. The Morgan fingerprint density at radius 3 is 2.38 bits per heavy atom. The first kappa shape index (κ1) is 18.5. The van der Waals surface area contributed by atoms with Crippen molar-refractivity contribution in [2.45, 2.75) is 49.8 Å². The van der Waals surface area contributed by atoms with Crippen LogP contribution in [0.2, 0.25) is 0 Å². The van der Waals surface area contributed by atoms with E-state index < -0.39 is 10.0 Å². The van der Waals surface area contributed by atoms with Crippen LogP contribution in [-0.2, 0) is 10.0 Å². The van der Waals surface area contributed by atoms with Gasteiger partial charge in [-0.15, -0.1) is 0 Å². The summed E-state index contributed by atoms with van der Waals surface area (Å²) in [6.07, 6.45) is 8.29. The van der Waals surface area contributed by atoms with Crippen LogP contribution in [0.1, 0.15) is 44.9 Å². The highest BCUT2D eigenvalue weighted by molar-refractivity contribution is 9.10. The molecule has 1 aromatic rings. The van der Waals surface area contributed by atoms with E-state index in [9.17, 15) is 8.42 Å². The Balaban J connectivity index is 1.69. The van der Waals surface area contributed by atoms with Crippen LogP contribution in [-0.4, -0.2) is 25.8 Å². The third kappa shape index (κ3) is 3.34. The van der Waals surface area contributed by atoms with E-state index in [4.69, 9.17) is 0 Å². The molecule has 3 nitrogen and oxygen atoms in total. The fourth-order valence-electron chi connectivity index (χ4n) is 4.91. The van der Waals surface area contributed by atoms with Crippen LogP contribution in [0.25, 0.3) is 0 Å². The van der Waals surface area contributed by atoms with Gasteiger partial charge in [0.15, 0.2) is 0 Å². The minimum Gasteiger partial charge on any atom is -0.207 e. The molecule has 2 saturated carbocycles. The van der Waals surface area contributed by atoms with Gasteiger partial charge in [-0.1, -0.05) is 47.3 Å². The molecule has 1 aromatic carbocycles. The number of benzene rings is 1. The Morgan fingerprint density at radius 1 is 1.00 bits per heavy atom. The second kappa shape index (κ2) is 7.25. The fraction of sp³-hybridized carbons (Fsp3) is 0.524. The van der Waals surface area contributed by atoms with Crippen LogP contribution in [0.4, 0.5) is 0 Å². The molecule has 0 radical (unpaired) electrons. The number of hydrogen-bond acceptors (Lipinski definition) is 2. The third-order valence-corrected chi connectivity index (χ3v) is 8.60. The first-order valence-corrected chi connectivity index (χ1v) is 11.9. The molecule has 1 atom stereocenters. The summed E-state index contributed by atoms with van der Waals surface area (Å²) in [4.78, 5) is 0.393. The molecule has 0 N–H and O–H groups in total. The molecule has 3 aliphatic rings. The van der Waals surface area contributed by atoms with Crippen molar-refractivity contribution < 1.29 is 8.42 Å². The molecule has 2 fully saturated rings. The maximum atomic E-state index is 13.3. The van der Waals surface area contributed by atoms with Gasteiger partial charge in [-0.3, -0.25) is 0 Å². The van der Waals surface area contributed by atoms with Gasteiger partial charge in [-0.05, 0) is 72.9 Å². The van der Waals surface area contributed by atoms with Crippen LogP contribution in [0.3, 0.4) is 0 Å². The Kier molecular flexibility index (Phi) is 5.15. The molecule has 0 saturated heterocycles. The van der Waals surface area contributed by atoms with E-state index in [0.717, 1.165) is 17.3 Å². The third-order valence-electron chi connectivity index (χ3n) is 6.25. The van der Waals surface area contributed by atoms with E-state index in [0.29, 0.717) is 29.8 Å². The van der Waals surface area contributed by atoms with Gasteiger partial charge in [0, 0.05) is 17.6 Å². The molecule has 0 aromatic heterocycles. The van der Waals surface area contributed by atoms with Gasteiger partial charge in [0.05, 0.1) is 4.90 Å². The summed E-state index contributed by atoms with van der Waals surface area (Å²) in [5, 5.41) is 0. The molecule has 26 heavy (non-hydrogen) atoms. The van der Waals surface area contributed by atoms with Crippen LogP contribution >= 0.6 is 15.9 Å². The van der Waals surface area contributed by atoms with E-state index in [2.05, 4.69) is 22.5 Å². The predicted molar refractivity (Wildman–Crippen MR) is 108 cm³/mol. The van der Waals surface area contributed by atoms with E-state index >= 15 is 0 Å². The minimum atomic E-state index is -3.46. The zero-order valence-corrected chi connectivity index (χ0v) is 17.5. The second-order valence-electron chi connectivity index (χ2n) is 7.86. The molecule has 0 amide bonds. The number of nitrogens with zero attached hydrogens (tertiary/aromatic N) is 1. The van der Waals surface area contributed by atoms with E-state index in [1.54, 1.807) is 28.6 Å². The first-order chi connectivity index (χ1) is 12.5. The summed E-state index contributed by atoms with van der Waals surface area (Å²) < 4.78 is 29.1. The van der Waals surface area contributed by atoms with Crippen LogP contribution in [0, 0.1) is 11.8 Å². The van der Waals surface area contributed by atoms with Crippen LogP contribution in [0.15, 0.2) is 56.9 Å². The molecule has 4 rings (SSSR count). The molecule has 140 valence electrons. The minimum absolute atomic E-state index is 0.332. The molecule has 0 unspecified atom stereocenters. The molecule has 1 heterocycles. The Hall–Kier alpha value is -0.910. The lowest BCUT2D eigenvalue weighted by Gasteiger charge is -2.37. The van der Waals surface area contributed by atoms with Crippen molar-refractivity contribution in [1.29, 1.82) is 0 Å². The van der Waals surface area contributed by atoms with Crippen molar-refractivity contribution >= 4 is 26.0 Å². The van der Waals surface area contributed by atoms with Crippen molar-refractivity contribution in [3.05, 3.63) is 52.0 Å². The number of halogens is 1. The lowest BCUT2D eigenvalue weighted by atomic mass is 9.78. The van der Waals surface area contributed by atoms with Gasteiger partial charge < -0.3 is 0 Å². The Labute approximate surface area is 165 Å².